The van der Waals surface area contributed by atoms with E-state index in [1.807, 2.05) is 13.8 Å². The molecule has 0 atom stereocenters. The number of anilines is 2. The zero-order valence-corrected chi connectivity index (χ0v) is 13.8. The first-order valence-corrected chi connectivity index (χ1v) is 7.53. The van der Waals surface area contributed by atoms with Gasteiger partial charge >= 0.3 is 0 Å². The monoisotopic (exact) mass is 317 g/mol. The molecule has 0 fully saturated rings. The third kappa shape index (κ3) is 3.86. The minimum Gasteiger partial charge on any atom is -0.377 e. The number of nitrogens with zero attached hydrogens (tertiary/aromatic N) is 1. The third-order valence-electron chi connectivity index (χ3n) is 3.71. The smallest absolute Gasteiger partial charge is 0.146 e. The van der Waals surface area contributed by atoms with Gasteiger partial charge in [0, 0.05) is 19.2 Å². The van der Waals surface area contributed by atoms with Crippen molar-refractivity contribution >= 4 is 22.9 Å². The second-order valence-corrected chi connectivity index (χ2v) is 5.32. The van der Waals surface area contributed by atoms with Crippen LogP contribution in [0.4, 0.5) is 25.8 Å². The van der Waals surface area contributed by atoms with E-state index in [4.69, 9.17) is 0 Å². The lowest BCUT2D eigenvalue weighted by atomic mass is 10.1. The van der Waals surface area contributed by atoms with Gasteiger partial charge in [-0.2, -0.15) is 0 Å². The Morgan fingerprint density at radius 3 is 2.52 bits per heavy atom. The molecule has 0 saturated carbocycles. The normalized spacial score (nSPS) is 11.5. The van der Waals surface area contributed by atoms with Crippen LogP contribution < -0.4 is 10.6 Å². The summed E-state index contributed by atoms with van der Waals surface area (Å²) in [7, 11) is 1.78. The number of rotatable bonds is 4. The molecule has 5 heteroatoms. The largest absolute Gasteiger partial charge is 0.377 e. The molecule has 0 aliphatic heterocycles. The molecule has 3 nitrogen and oxygen atoms in total. The van der Waals surface area contributed by atoms with Crippen LogP contribution in [0, 0.1) is 25.5 Å². The van der Waals surface area contributed by atoms with Gasteiger partial charge in [0.15, 0.2) is 0 Å². The van der Waals surface area contributed by atoms with Crippen LogP contribution in [-0.2, 0) is 0 Å². The van der Waals surface area contributed by atoms with Gasteiger partial charge in [-0.3, -0.25) is 0 Å². The number of aryl methyl sites for hydroxylation is 1. The van der Waals surface area contributed by atoms with Crippen LogP contribution in [0.3, 0.4) is 0 Å². The molecule has 0 radical (unpaired) electrons. The highest BCUT2D eigenvalue weighted by atomic mass is 19.1. The maximum Gasteiger partial charge on any atom is 0.146 e. The van der Waals surface area contributed by atoms with Crippen molar-refractivity contribution in [1.82, 2.24) is 5.32 Å². The van der Waals surface area contributed by atoms with Crippen LogP contribution in [0.15, 0.2) is 35.3 Å². The molecule has 23 heavy (non-hydrogen) atoms. The summed E-state index contributed by atoms with van der Waals surface area (Å²) in [6.07, 6.45) is 0.710. The van der Waals surface area contributed by atoms with Crippen LogP contribution in [0.25, 0.3) is 0 Å². The van der Waals surface area contributed by atoms with Gasteiger partial charge in [0.1, 0.15) is 17.5 Å². The van der Waals surface area contributed by atoms with Crippen molar-refractivity contribution < 1.29 is 8.78 Å². The maximum atomic E-state index is 14.0. The SMILES string of the molecule is CCC(=Nc1cc(F)cc(Nc2c(C)cccc2F)c1C)NC. The van der Waals surface area contributed by atoms with E-state index in [0.29, 0.717) is 23.5 Å². The van der Waals surface area contributed by atoms with Crippen molar-refractivity contribution in [3.63, 3.8) is 0 Å². The predicted molar refractivity (Wildman–Crippen MR) is 92.0 cm³/mol. The Hall–Kier alpha value is -2.43. The molecule has 122 valence electrons. The van der Waals surface area contributed by atoms with Gasteiger partial charge in [0.2, 0.25) is 0 Å². The Labute approximate surface area is 135 Å². The lowest BCUT2D eigenvalue weighted by Crippen LogP contribution is -2.16. The number of nitrogens with one attached hydrogen (secondary N) is 2. The molecule has 0 bridgehead atoms. The van der Waals surface area contributed by atoms with E-state index in [2.05, 4.69) is 15.6 Å². The van der Waals surface area contributed by atoms with Gasteiger partial charge in [-0.25, -0.2) is 13.8 Å². The van der Waals surface area contributed by atoms with Crippen molar-refractivity contribution in [2.45, 2.75) is 27.2 Å². The third-order valence-corrected chi connectivity index (χ3v) is 3.71. The molecule has 0 aliphatic rings. The van der Waals surface area contributed by atoms with Crippen molar-refractivity contribution in [2.75, 3.05) is 12.4 Å². The topological polar surface area (TPSA) is 36.4 Å². The summed E-state index contributed by atoms with van der Waals surface area (Å²) < 4.78 is 27.9. The van der Waals surface area contributed by atoms with Gasteiger partial charge in [0.25, 0.3) is 0 Å². The lowest BCUT2D eigenvalue weighted by Gasteiger charge is -2.15. The second kappa shape index (κ2) is 7.22. The Kier molecular flexibility index (Phi) is 5.32. The molecular formula is C18H21F2N3. The van der Waals surface area contributed by atoms with Crippen molar-refractivity contribution in [3.05, 3.63) is 53.1 Å². The van der Waals surface area contributed by atoms with Gasteiger partial charge in [-0.15, -0.1) is 0 Å². The first-order valence-electron chi connectivity index (χ1n) is 7.53. The fourth-order valence-corrected chi connectivity index (χ4v) is 2.29. The van der Waals surface area contributed by atoms with Crippen molar-refractivity contribution in [1.29, 1.82) is 0 Å². The number of hydrogen-bond acceptors (Lipinski definition) is 2. The van der Waals surface area contributed by atoms with Gasteiger partial charge in [-0.05, 0) is 43.2 Å². The number of halogens is 2. The van der Waals surface area contributed by atoms with E-state index in [-0.39, 0.29) is 5.82 Å². The molecule has 0 saturated heterocycles. The first kappa shape index (κ1) is 16.9. The van der Waals surface area contributed by atoms with E-state index >= 15 is 0 Å². The second-order valence-electron chi connectivity index (χ2n) is 5.32. The van der Waals surface area contributed by atoms with Crippen LogP contribution in [0.2, 0.25) is 0 Å². The zero-order valence-electron chi connectivity index (χ0n) is 13.8. The molecule has 0 unspecified atom stereocenters. The summed E-state index contributed by atoms with van der Waals surface area (Å²) in [5.74, 6) is -0.0349. The first-order chi connectivity index (χ1) is 11.0. The van der Waals surface area contributed by atoms with E-state index in [1.165, 1.54) is 18.2 Å². The quantitative estimate of drug-likeness (QED) is 0.616. The molecular weight excluding hydrogens is 296 g/mol. The molecule has 2 aromatic rings. The molecule has 0 heterocycles. The van der Waals surface area contributed by atoms with Gasteiger partial charge in [0.05, 0.1) is 11.4 Å². The van der Waals surface area contributed by atoms with Crippen LogP contribution in [-0.4, -0.2) is 12.9 Å². The van der Waals surface area contributed by atoms with E-state index in [1.54, 1.807) is 26.1 Å². The lowest BCUT2D eigenvalue weighted by molar-refractivity contribution is 0.626. The summed E-state index contributed by atoms with van der Waals surface area (Å²) in [6.45, 7) is 5.60. The standard InChI is InChI=1S/C18H21F2N3/c1-5-17(21-4)22-15-9-13(19)10-16(12(15)3)23-18-11(2)7-6-8-14(18)20/h6-10,23H,5H2,1-4H3,(H,21,22). The minimum absolute atomic E-state index is 0.348. The zero-order chi connectivity index (χ0) is 17.0. The summed E-state index contributed by atoms with van der Waals surface area (Å²) in [4.78, 5) is 4.43. The highest BCUT2D eigenvalue weighted by molar-refractivity contribution is 5.85. The maximum absolute atomic E-state index is 14.0. The summed E-state index contributed by atoms with van der Waals surface area (Å²) in [5, 5.41) is 5.98. The highest BCUT2D eigenvalue weighted by Gasteiger charge is 2.11. The Morgan fingerprint density at radius 1 is 1.17 bits per heavy atom. The van der Waals surface area contributed by atoms with Crippen molar-refractivity contribution in [2.24, 2.45) is 4.99 Å². The summed E-state index contributed by atoms with van der Waals surface area (Å²) in [5.41, 5.74) is 2.88. The van der Waals surface area contributed by atoms with Gasteiger partial charge in [-0.1, -0.05) is 19.1 Å². The summed E-state index contributed by atoms with van der Waals surface area (Å²) in [6, 6.07) is 7.55. The number of aliphatic imine (C=N–C) groups is 1. The van der Waals surface area contributed by atoms with E-state index < -0.39 is 5.82 Å². The van der Waals surface area contributed by atoms with E-state index in [0.717, 1.165) is 17.0 Å². The Bertz CT molecular complexity index is 713. The number of para-hydroxylation sites is 1. The predicted octanol–water partition coefficient (Wildman–Crippen LogP) is 4.98. The highest BCUT2D eigenvalue weighted by Crippen LogP contribution is 2.32. The van der Waals surface area contributed by atoms with Crippen LogP contribution in [0.5, 0.6) is 0 Å². The molecule has 2 N–H and O–H groups in total. The molecule has 0 aliphatic carbocycles. The number of hydrogen-bond donors (Lipinski definition) is 2. The average molecular weight is 317 g/mol. The van der Waals surface area contributed by atoms with E-state index in [9.17, 15) is 8.78 Å². The van der Waals surface area contributed by atoms with Crippen molar-refractivity contribution in [3.8, 4) is 0 Å². The fourth-order valence-electron chi connectivity index (χ4n) is 2.29. The number of amidine groups is 1. The van der Waals surface area contributed by atoms with Crippen LogP contribution >= 0.6 is 0 Å². The molecule has 2 aromatic carbocycles. The number of benzene rings is 2. The minimum atomic E-state index is -0.419. The molecule has 2 rings (SSSR count). The summed E-state index contributed by atoms with van der Waals surface area (Å²) >= 11 is 0. The molecule has 0 spiro atoms. The van der Waals surface area contributed by atoms with Crippen LogP contribution in [0.1, 0.15) is 24.5 Å². The molecule has 0 aromatic heterocycles. The Balaban J connectivity index is 2.48. The Morgan fingerprint density at radius 2 is 1.91 bits per heavy atom. The average Bonchev–Trinajstić information content (AvgIpc) is 2.52. The van der Waals surface area contributed by atoms with Gasteiger partial charge < -0.3 is 10.6 Å². The fraction of sp³-hybridized carbons (Fsp3) is 0.278. The molecule has 0 amide bonds.